The Morgan fingerprint density at radius 2 is 1.08 bits per heavy atom. The molecule has 0 saturated carbocycles. The van der Waals surface area contributed by atoms with Crippen molar-refractivity contribution in [1.29, 1.82) is 0 Å². The lowest BCUT2D eigenvalue weighted by atomic mass is 10.0. The van der Waals surface area contributed by atoms with Crippen molar-refractivity contribution in [1.82, 2.24) is 0 Å². The van der Waals surface area contributed by atoms with Crippen molar-refractivity contribution in [2.75, 3.05) is 0 Å². The number of ether oxygens (including phenoxy) is 1. The fourth-order valence-electron chi connectivity index (χ4n) is 3.03. The highest BCUT2D eigenvalue weighted by atomic mass is 16.6. The Kier molecular flexibility index (Phi) is 15.9. The molecule has 0 aliphatic rings. The highest BCUT2D eigenvalue weighted by Gasteiger charge is 2.33. The van der Waals surface area contributed by atoms with Gasteiger partial charge in [-0.15, -0.1) is 0 Å². The van der Waals surface area contributed by atoms with Crippen LogP contribution in [0.5, 0.6) is 0 Å². The zero-order chi connectivity index (χ0) is 19.0. The van der Waals surface area contributed by atoms with Gasteiger partial charge in [0, 0.05) is 0 Å². The molecule has 0 spiro atoms. The minimum absolute atomic E-state index is 0.445. The maximum absolute atomic E-state index is 9.90. The number of hydrogen-bond acceptors (Lipinski definition) is 4. The summed E-state index contributed by atoms with van der Waals surface area (Å²) in [5.74, 6) is 0. The highest BCUT2D eigenvalue weighted by molar-refractivity contribution is 4.76. The largest absolute Gasteiger partial charge is 0.368 e. The van der Waals surface area contributed by atoms with E-state index in [1.54, 1.807) is 6.92 Å². The van der Waals surface area contributed by atoms with E-state index in [1.807, 2.05) is 6.92 Å². The predicted molar refractivity (Wildman–Crippen MR) is 104 cm³/mol. The third kappa shape index (κ3) is 13.7. The van der Waals surface area contributed by atoms with Gasteiger partial charge < -0.3 is 20.1 Å². The van der Waals surface area contributed by atoms with E-state index < -0.39 is 18.2 Å². The van der Waals surface area contributed by atoms with E-state index >= 15 is 0 Å². The SMILES string of the molecule is CCCCCCCCCCCCCCCC(O)OC(C)(CC)C(O)O. The van der Waals surface area contributed by atoms with Gasteiger partial charge in [-0.2, -0.15) is 0 Å². The normalized spacial score (nSPS) is 15.5. The van der Waals surface area contributed by atoms with E-state index in [1.165, 1.54) is 70.6 Å². The summed E-state index contributed by atoms with van der Waals surface area (Å²) in [6.07, 6.45) is 15.4. The van der Waals surface area contributed by atoms with Gasteiger partial charge in [0.1, 0.15) is 5.60 Å². The first kappa shape index (κ1) is 24.8. The monoisotopic (exact) mass is 360 g/mol. The molecular weight excluding hydrogens is 316 g/mol. The summed E-state index contributed by atoms with van der Waals surface area (Å²) < 4.78 is 5.41. The molecule has 0 aromatic rings. The molecule has 0 aromatic carbocycles. The molecule has 0 radical (unpaired) electrons. The topological polar surface area (TPSA) is 69.9 Å². The van der Waals surface area contributed by atoms with E-state index in [2.05, 4.69) is 6.92 Å². The van der Waals surface area contributed by atoms with Crippen LogP contribution in [0.3, 0.4) is 0 Å². The van der Waals surface area contributed by atoms with Gasteiger partial charge in [0.25, 0.3) is 0 Å². The van der Waals surface area contributed by atoms with Gasteiger partial charge in [-0.1, -0.05) is 90.9 Å². The molecule has 4 nitrogen and oxygen atoms in total. The highest BCUT2D eigenvalue weighted by Crippen LogP contribution is 2.22. The van der Waals surface area contributed by atoms with Gasteiger partial charge >= 0.3 is 0 Å². The average molecular weight is 361 g/mol. The molecule has 0 aliphatic heterocycles. The van der Waals surface area contributed by atoms with Gasteiger partial charge in [0.05, 0.1) is 0 Å². The molecule has 0 aliphatic carbocycles. The molecule has 2 unspecified atom stereocenters. The Balaban J connectivity index is 3.41. The molecular formula is C21H44O4. The van der Waals surface area contributed by atoms with Crippen molar-refractivity contribution in [2.45, 2.75) is 135 Å². The predicted octanol–water partition coefficient (Wildman–Crippen LogP) is 5.28. The lowest BCUT2D eigenvalue weighted by Crippen LogP contribution is -2.44. The van der Waals surface area contributed by atoms with Crippen LogP contribution in [0.2, 0.25) is 0 Å². The number of aliphatic hydroxyl groups excluding tert-OH is 2. The summed E-state index contributed by atoms with van der Waals surface area (Å²) in [5.41, 5.74) is -1.09. The Morgan fingerprint density at radius 1 is 0.680 bits per heavy atom. The summed E-state index contributed by atoms with van der Waals surface area (Å²) in [4.78, 5) is 0. The van der Waals surface area contributed by atoms with E-state index in [0.717, 1.165) is 12.8 Å². The third-order valence-electron chi connectivity index (χ3n) is 5.21. The first-order chi connectivity index (χ1) is 12.0. The van der Waals surface area contributed by atoms with Crippen molar-refractivity contribution < 1.29 is 20.1 Å². The van der Waals surface area contributed by atoms with Crippen molar-refractivity contribution in [3.63, 3.8) is 0 Å². The summed E-state index contributed by atoms with van der Waals surface area (Å²) in [6, 6.07) is 0. The zero-order valence-corrected chi connectivity index (χ0v) is 17.0. The van der Waals surface area contributed by atoms with Crippen LogP contribution in [0.1, 0.15) is 117 Å². The second-order valence-corrected chi connectivity index (χ2v) is 7.64. The molecule has 25 heavy (non-hydrogen) atoms. The van der Waals surface area contributed by atoms with Crippen LogP contribution in [0.15, 0.2) is 0 Å². The smallest absolute Gasteiger partial charge is 0.181 e. The molecule has 0 bridgehead atoms. The van der Waals surface area contributed by atoms with Crippen LogP contribution in [0, 0.1) is 0 Å². The quantitative estimate of drug-likeness (QED) is 0.230. The Morgan fingerprint density at radius 3 is 1.44 bits per heavy atom. The van der Waals surface area contributed by atoms with Crippen LogP contribution in [-0.4, -0.2) is 33.5 Å². The zero-order valence-electron chi connectivity index (χ0n) is 17.0. The van der Waals surface area contributed by atoms with Crippen LogP contribution in [0.4, 0.5) is 0 Å². The standard InChI is InChI=1S/C21H44O4/c1-4-6-7-8-9-10-11-12-13-14-15-16-17-18-19(22)25-21(3,5-2)20(23)24/h19-20,22-24H,4-18H2,1-3H3. The minimum Gasteiger partial charge on any atom is -0.368 e. The van der Waals surface area contributed by atoms with Gasteiger partial charge in [0.15, 0.2) is 12.6 Å². The number of aliphatic hydroxyl groups is 3. The molecule has 0 saturated heterocycles. The number of hydrogen-bond donors (Lipinski definition) is 3. The van der Waals surface area contributed by atoms with E-state index in [-0.39, 0.29) is 0 Å². The molecule has 0 aromatic heterocycles. The fraction of sp³-hybridized carbons (Fsp3) is 1.00. The summed E-state index contributed by atoms with van der Waals surface area (Å²) >= 11 is 0. The maximum atomic E-state index is 9.90. The Bertz CT molecular complexity index is 283. The first-order valence-electron chi connectivity index (χ1n) is 10.7. The third-order valence-corrected chi connectivity index (χ3v) is 5.21. The Hall–Kier alpha value is -0.160. The van der Waals surface area contributed by atoms with Crippen LogP contribution < -0.4 is 0 Å². The second kappa shape index (κ2) is 16.0. The van der Waals surface area contributed by atoms with Gasteiger partial charge in [-0.3, -0.25) is 0 Å². The maximum Gasteiger partial charge on any atom is 0.181 e. The molecule has 0 heterocycles. The first-order valence-corrected chi connectivity index (χ1v) is 10.7. The van der Waals surface area contributed by atoms with E-state index in [4.69, 9.17) is 4.74 Å². The molecule has 4 heteroatoms. The summed E-state index contributed by atoms with van der Waals surface area (Å²) in [7, 11) is 0. The van der Waals surface area contributed by atoms with Crippen LogP contribution in [-0.2, 0) is 4.74 Å². The molecule has 2 atom stereocenters. The van der Waals surface area contributed by atoms with Crippen molar-refractivity contribution in [3.8, 4) is 0 Å². The molecule has 0 fully saturated rings. The Labute approximate surface area is 156 Å². The van der Waals surface area contributed by atoms with Crippen molar-refractivity contribution in [2.24, 2.45) is 0 Å². The molecule has 152 valence electrons. The van der Waals surface area contributed by atoms with Gasteiger partial charge in [-0.25, -0.2) is 0 Å². The minimum atomic E-state index is -1.57. The van der Waals surface area contributed by atoms with Crippen molar-refractivity contribution in [3.05, 3.63) is 0 Å². The molecule has 3 N–H and O–H groups in total. The average Bonchev–Trinajstić information content (AvgIpc) is 2.58. The van der Waals surface area contributed by atoms with E-state index in [9.17, 15) is 15.3 Å². The second-order valence-electron chi connectivity index (χ2n) is 7.64. The van der Waals surface area contributed by atoms with Crippen molar-refractivity contribution >= 4 is 0 Å². The lowest BCUT2D eigenvalue weighted by Gasteiger charge is -2.32. The fourth-order valence-corrected chi connectivity index (χ4v) is 3.03. The van der Waals surface area contributed by atoms with Crippen LogP contribution >= 0.6 is 0 Å². The number of rotatable bonds is 18. The van der Waals surface area contributed by atoms with Gasteiger partial charge in [-0.05, 0) is 26.2 Å². The molecule has 0 amide bonds. The van der Waals surface area contributed by atoms with Crippen LogP contribution in [0.25, 0.3) is 0 Å². The van der Waals surface area contributed by atoms with Gasteiger partial charge in [0.2, 0.25) is 0 Å². The van der Waals surface area contributed by atoms with E-state index in [0.29, 0.717) is 12.8 Å². The lowest BCUT2D eigenvalue weighted by molar-refractivity contribution is -0.262. The summed E-state index contributed by atoms with van der Waals surface area (Å²) in [6.45, 7) is 5.69. The number of unbranched alkanes of at least 4 members (excludes halogenated alkanes) is 12. The molecule has 0 rings (SSSR count). The summed E-state index contributed by atoms with van der Waals surface area (Å²) in [5, 5.41) is 28.5.